The Morgan fingerprint density at radius 2 is 2.17 bits per heavy atom. The zero-order chi connectivity index (χ0) is 13.2. The normalized spacial score (nSPS) is 12.6. The van der Waals surface area contributed by atoms with Gasteiger partial charge in [-0.1, -0.05) is 52.3 Å². The van der Waals surface area contributed by atoms with Crippen LogP contribution in [0, 0.1) is 0 Å². The predicted octanol–water partition coefficient (Wildman–Crippen LogP) is 2.66. The molecular formula is C14H18BrNO2. The van der Waals surface area contributed by atoms with E-state index in [2.05, 4.69) is 33.4 Å². The minimum atomic E-state index is -0.301. The Labute approximate surface area is 116 Å². The standard InChI is InChI=1S/C14H18BrNO2/c1-2-18-14(17)9-8-13(15)11-16-10-12-6-4-3-5-7-12/h3-9,13,16H,2,10-11H2,1H3/b9-8+. The fourth-order valence-electron chi connectivity index (χ4n) is 1.39. The molecule has 0 bridgehead atoms. The van der Waals surface area contributed by atoms with E-state index in [0.717, 1.165) is 13.1 Å². The van der Waals surface area contributed by atoms with Crippen LogP contribution in [0.4, 0.5) is 0 Å². The SMILES string of the molecule is CCOC(=O)/C=C/C(Br)CNCc1ccccc1. The molecule has 1 atom stereocenters. The Morgan fingerprint density at radius 1 is 1.44 bits per heavy atom. The number of carbonyl (C=O) groups is 1. The lowest BCUT2D eigenvalue weighted by molar-refractivity contribution is -0.137. The van der Waals surface area contributed by atoms with E-state index in [9.17, 15) is 4.79 Å². The van der Waals surface area contributed by atoms with Gasteiger partial charge in [0.25, 0.3) is 0 Å². The largest absolute Gasteiger partial charge is 0.463 e. The van der Waals surface area contributed by atoms with Crippen LogP contribution < -0.4 is 5.32 Å². The summed E-state index contributed by atoms with van der Waals surface area (Å²) in [6.45, 7) is 3.77. The molecule has 1 unspecified atom stereocenters. The molecule has 3 nitrogen and oxygen atoms in total. The molecule has 1 aromatic rings. The first kappa shape index (κ1) is 14.9. The minimum absolute atomic E-state index is 0.116. The van der Waals surface area contributed by atoms with Gasteiger partial charge in [0.15, 0.2) is 0 Å². The van der Waals surface area contributed by atoms with E-state index < -0.39 is 0 Å². The number of nitrogens with one attached hydrogen (secondary N) is 1. The zero-order valence-electron chi connectivity index (χ0n) is 10.4. The molecule has 0 spiro atoms. The van der Waals surface area contributed by atoms with Crippen molar-refractivity contribution in [2.45, 2.75) is 18.3 Å². The fraction of sp³-hybridized carbons (Fsp3) is 0.357. The van der Waals surface area contributed by atoms with Crippen molar-refractivity contribution in [1.82, 2.24) is 5.32 Å². The number of halogens is 1. The predicted molar refractivity (Wildman–Crippen MR) is 76.6 cm³/mol. The van der Waals surface area contributed by atoms with Gasteiger partial charge in [-0.25, -0.2) is 4.79 Å². The summed E-state index contributed by atoms with van der Waals surface area (Å²) in [4.78, 5) is 11.2. The minimum Gasteiger partial charge on any atom is -0.463 e. The Hall–Kier alpha value is -1.13. The van der Waals surface area contributed by atoms with E-state index in [0.29, 0.717) is 6.61 Å². The van der Waals surface area contributed by atoms with Crippen molar-refractivity contribution in [3.63, 3.8) is 0 Å². The molecule has 0 heterocycles. The van der Waals surface area contributed by atoms with E-state index in [1.54, 1.807) is 13.0 Å². The summed E-state index contributed by atoms with van der Waals surface area (Å²) in [5, 5.41) is 3.31. The molecule has 98 valence electrons. The van der Waals surface area contributed by atoms with Crippen LogP contribution in [0.15, 0.2) is 42.5 Å². The molecule has 0 saturated carbocycles. The van der Waals surface area contributed by atoms with Gasteiger partial charge in [-0.2, -0.15) is 0 Å². The summed E-state index contributed by atoms with van der Waals surface area (Å²) in [7, 11) is 0. The first-order valence-corrected chi connectivity index (χ1v) is 6.87. The summed E-state index contributed by atoms with van der Waals surface area (Å²) in [5.74, 6) is -0.301. The second kappa shape index (κ2) is 8.89. The third-order valence-corrected chi connectivity index (χ3v) is 2.87. The van der Waals surface area contributed by atoms with Crippen molar-refractivity contribution in [2.24, 2.45) is 0 Å². The van der Waals surface area contributed by atoms with Gasteiger partial charge in [0.1, 0.15) is 0 Å². The summed E-state index contributed by atoms with van der Waals surface area (Å²) >= 11 is 3.47. The summed E-state index contributed by atoms with van der Waals surface area (Å²) < 4.78 is 4.80. The van der Waals surface area contributed by atoms with E-state index in [-0.39, 0.29) is 10.8 Å². The molecular weight excluding hydrogens is 294 g/mol. The molecule has 0 aliphatic heterocycles. The van der Waals surface area contributed by atoms with Gasteiger partial charge in [0, 0.05) is 24.0 Å². The van der Waals surface area contributed by atoms with Gasteiger partial charge in [0.2, 0.25) is 0 Å². The van der Waals surface area contributed by atoms with Gasteiger partial charge in [-0.05, 0) is 12.5 Å². The van der Waals surface area contributed by atoms with E-state index in [1.165, 1.54) is 11.6 Å². The number of esters is 1. The van der Waals surface area contributed by atoms with Gasteiger partial charge in [-0.15, -0.1) is 0 Å². The molecule has 0 aliphatic carbocycles. The van der Waals surface area contributed by atoms with Crippen molar-refractivity contribution in [3.05, 3.63) is 48.0 Å². The molecule has 0 amide bonds. The lowest BCUT2D eigenvalue weighted by atomic mass is 10.2. The second-order valence-electron chi connectivity index (χ2n) is 3.74. The summed E-state index contributed by atoms with van der Waals surface area (Å²) in [6.07, 6.45) is 3.24. The molecule has 1 aromatic carbocycles. The highest BCUT2D eigenvalue weighted by Crippen LogP contribution is 2.02. The lowest BCUT2D eigenvalue weighted by Gasteiger charge is -2.07. The highest BCUT2D eigenvalue weighted by Gasteiger charge is 2.01. The molecule has 1 N–H and O–H groups in total. The molecule has 0 aromatic heterocycles. The smallest absolute Gasteiger partial charge is 0.330 e. The number of hydrogen-bond acceptors (Lipinski definition) is 3. The topological polar surface area (TPSA) is 38.3 Å². The van der Waals surface area contributed by atoms with Crippen LogP contribution >= 0.6 is 15.9 Å². The Balaban J connectivity index is 2.21. The monoisotopic (exact) mass is 311 g/mol. The summed E-state index contributed by atoms with van der Waals surface area (Å²) in [6, 6.07) is 10.2. The highest BCUT2D eigenvalue weighted by atomic mass is 79.9. The third-order valence-electron chi connectivity index (χ3n) is 2.24. The quantitative estimate of drug-likeness (QED) is 0.478. The van der Waals surface area contributed by atoms with E-state index in [4.69, 9.17) is 4.74 Å². The van der Waals surface area contributed by atoms with Crippen LogP contribution in [0.2, 0.25) is 0 Å². The first-order valence-electron chi connectivity index (χ1n) is 5.96. The van der Waals surface area contributed by atoms with Crippen molar-refractivity contribution in [3.8, 4) is 0 Å². The van der Waals surface area contributed by atoms with Crippen LogP contribution in [0.1, 0.15) is 12.5 Å². The van der Waals surface area contributed by atoms with Crippen molar-refractivity contribution < 1.29 is 9.53 Å². The van der Waals surface area contributed by atoms with Crippen LogP contribution in [-0.2, 0) is 16.1 Å². The Kier molecular flexibility index (Phi) is 7.37. The first-order chi connectivity index (χ1) is 8.72. The maximum atomic E-state index is 11.1. The van der Waals surface area contributed by atoms with Crippen LogP contribution in [0.25, 0.3) is 0 Å². The maximum Gasteiger partial charge on any atom is 0.330 e. The van der Waals surface area contributed by atoms with Gasteiger partial charge >= 0.3 is 5.97 Å². The second-order valence-corrected chi connectivity index (χ2v) is 4.92. The highest BCUT2D eigenvalue weighted by molar-refractivity contribution is 9.09. The van der Waals surface area contributed by atoms with E-state index in [1.807, 2.05) is 18.2 Å². The van der Waals surface area contributed by atoms with Crippen LogP contribution in [0.5, 0.6) is 0 Å². The van der Waals surface area contributed by atoms with E-state index >= 15 is 0 Å². The van der Waals surface area contributed by atoms with Crippen molar-refractivity contribution in [1.29, 1.82) is 0 Å². The third kappa shape index (κ3) is 6.57. The molecule has 0 fully saturated rings. The molecule has 0 radical (unpaired) electrons. The molecule has 0 saturated heterocycles. The number of carbonyl (C=O) groups excluding carboxylic acids is 1. The molecule has 18 heavy (non-hydrogen) atoms. The van der Waals surface area contributed by atoms with Gasteiger partial charge in [0.05, 0.1) is 6.61 Å². The molecule has 1 rings (SSSR count). The number of rotatable bonds is 7. The van der Waals surface area contributed by atoms with Crippen molar-refractivity contribution >= 4 is 21.9 Å². The van der Waals surface area contributed by atoms with Gasteiger partial charge in [-0.3, -0.25) is 0 Å². The number of ether oxygens (including phenoxy) is 1. The van der Waals surface area contributed by atoms with Crippen molar-refractivity contribution in [2.75, 3.05) is 13.2 Å². The number of alkyl halides is 1. The Morgan fingerprint density at radius 3 is 2.83 bits per heavy atom. The lowest BCUT2D eigenvalue weighted by Crippen LogP contribution is -2.21. The zero-order valence-corrected chi connectivity index (χ0v) is 12.0. The maximum absolute atomic E-state index is 11.1. The average Bonchev–Trinajstić information content (AvgIpc) is 2.38. The fourth-order valence-corrected chi connectivity index (χ4v) is 1.77. The van der Waals surface area contributed by atoms with Gasteiger partial charge < -0.3 is 10.1 Å². The molecule has 4 heteroatoms. The number of benzene rings is 1. The summed E-state index contributed by atoms with van der Waals surface area (Å²) in [5.41, 5.74) is 1.24. The molecule has 0 aliphatic rings. The number of hydrogen-bond donors (Lipinski definition) is 1. The van der Waals surface area contributed by atoms with Crippen LogP contribution in [-0.4, -0.2) is 23.9 Å². The Bertz CT molecular complexity index is 379. The average molecular weight is 312 g/mol. The van der Waals surface area contributed by atoms with Crippen LogP contribution in [0.3, 0.4) is 0 Å².